The Kier molecular flexibility index (Phi) is 6.43. The molecular weight excluding hydrogens is 342 g/mol. The molecule has 1 heterocycles. The molecule has 1 aliphatic carbocycles. The number of benzene rings is 1. The van der Waals surface area contributed by atoms with Crippen LogP contribution in [0.15, 0.2) is 24.3 Å². The lowest BCUT2D eigenvalue weighted by molar-refractivity contribution is -0.130. The summed E-state index contributed by atoms with van der Waals surface area (Å²) in [4.78, 5) is 15.1. The van der Waals surface area contributed by atoms with Crippen molar-refractivity contribution < 1.29 is 19.4 Å². The van der Waals surface area contributed by atoms with Crippen LogP contribution in [0.25, 0.3) is 0 Å². The van der Waals surface area contributed by atoms with Crippen LogP contribution in [0.4, 0.5) is 5.69 Å². The van der Waals surface area contributed by atoms with E-state index in [1.165, 1.54) is 0 Å². The fourth-order valence-electron chi connectivity index (χ4n) is 4.56. The molecule has 1 saturated carbocycles. The maximum absolute atomic E-state index is 13.2. The number of carbonyl (C=O) groups is 1. The van der Waals surface area contributed by atoms with Crippen molar-refractivity contribution in [2.45, 2.75) is 63.9 Å². The Morgan fingerprint density at radius 1 is 1.07 bits per heavy atom. The van der Waals surface area contributed by atoms with Gasteiger partial charge in [-0.25, -0.2) is 0 Å². The Morgan fingerprint density at radius 2 is 1.78 bits per heavy atom. The fourth-order valence-corrected chi connectivity index (χ4v) is 4.56. The van der Waals surface area contributed by atoms with Crippen molar-refractivity contribution in [1.82, 2.24) is 0 Å². The molecule has 1 aromatic carbocycles. The van der Waals surface area contributed by atoms with Crippen LogP contribution >= 0.6 is 0 Å². The Hall–Kier alpha value is -1.59. The minimum Gasteiger partial charge on any atom is -0.494 e. The van der Waals surface area contributed by atoms with Crippen LogP contribution in [0.5, 0.6) is 5.75 Å². The molecule has 1 spiro atoms. The number of methoxy groups -OCH3 is 1. The zero-order valence-electron chi connectivity index (χ0n) is 16.7. The first kappa shape index (κ1) is 20.2. The predicted molar refractivity (Wildman–Crippen MR) is 106 cm³/mol. The van der Waals surface area contributed by atoms with Crippen LogP contribution < -0.4 is 9.64 Å². The van der Waals surface area contributed by atoms with Crippen LogP contribution in [0.2, 0.25) is 0 Å². The molecule has 1 amide bonds. The molecule has 1 aromatic rings. The first-order valence-corrected chi connectivity index (χ1v) is 10.3. The van der Waals surface area contributed by atoms with E-state index in [9.17, 15) is 9.90 Å². The number of hydrogen-bond donors (Lipinski definition) is 1. The van der Waals surface area contributed by atoms with Gasteiger partial charge in [0.05, 0.1) is 17.6 Å². The normalized spacial score (nSPS) is 28.1. The summed E-state index contributed by atoms with van der Waals surface area (Å²) in [6.45, 7) is 4.18. The Labute approximate surface area is 162 Å². The molecule has 0 bridgehead atoms. The minimum absolute atomic E-state index is 0.231. The van der Waals surface area contributed by atoms with Gasteiger partial charge in [0, 0.05) is 32.4 Å². The number of amides is 1. The summed E-state index contributed by atoms with van der Waals surface area (Å²) >= 11 is 0. The molecule has 150 valence electrons. The predicted octanol–water partition coefficient (Wildman–Crippen LogP) is 3.93. The molecule has 3 rings (SSSR count). The fraction of sp³-hybridized carbons (Fsp3) is 0.682. The third-order valence-corrected chi connectivity index (χ3v) is 6.28. The van der Waals surface area contributed by atoms with Gasteiger partial charge in [-0.1, -0.05) is 13.3 Å². The molecule has 1 N–H and O–H groups in total. The lowest BCUT2D eigenvalue weighted by Crippen LogP contribution is -2.43. The summed E-state index contributed by atoms with van der Waals surface area (Å²) in [6.07, 6.45) is 6.68. The van der Waals surface area contributed by atoms with Gasteiger partial charge in [-0.05, 0) is 62.8 Å². The second kappa shape index (κ2) is 8.61. The number of ether oxygens (including phenoxy) is 2. The van der Waals surface area contributed by atoms with Crippen LogP contribution in [-0.4, -0.2) is 43.5 Å². The van der Waals surface area contributed by atoms with E-state index in [0.717, 1.165) is 69.3 Å². The molecule has 27 heavy (non-hydrogen) atoms. The Morgan fingerprint density at radius 3 is 2.41 bits per heavy atom. The van der Waals surface area contributed by atoms with Gasteiger partial charge in [0.25, 0.3) is 0 Å². The maximum Gasteiger partial charge on any atom is 0.233 e. The van der Waals surface area contributed by atoms with E-state index in [1.807, 2.05) is 29.2 Å². The lowest BCUT2D eigenvalue weighted by Gasteiger charge is -2.41. The van der Waals surface area contributed by atoms with Crippen LogP contribution in [0.1, 0.15) is 58.3 Å². The number of hydrogen-bond acceptors (Lipinski definition) is 4. The van der Waals surface area contributed by atoms with E-state index in [2.05, 4.69) is 6.92 Å². The first-order chi connectivity index (χ1) is 13.0. The molecule has 1 aliphatic heterocycles. The Balaban J connectivity index is 1.59. The van der Waals surface area contributed by atoms with Gasteiger partial charge in [-0.2, -0.15) is 0 Å². The number of rotatable bonds is 8. The highest BCUT2D eigenvalue weighted by atomic mass is 16.5. The Bertz CT molecular complexity index is 620. The van der Waals surface area contributed by atoms with Crippen LogP contribution in [0, 0.1) is 5.41 Å². The molecule has 5 nitrogen and oxygen atoms in total. The van der Waals surface area contributed by atoms with E-state index in [0.29, 0.717) is 13.2 Å². The summed E-state index contributed by atoms with van der Waals surface area (Å²) in [7, 11) is 1.69. The molecule has 2 aliphatic rings. The number of aliphatic hydroxyl groups is 1. The monoisotopic (exact) mass is 375 g/mol. The van der Waals surface area contributed by atoms with Crippen molar-refractivity contribution in [2.75, 3.05) is 31.8 Å². The molecule has 0 radical (unpaired) electrons. The molecule has 0 unspecified atom stereocenters. The molecule has 5 heteroatoms. The highest BCUT2D eigenvalue weighted by Gasteiger charge is 2.51. The summed E-state index contributed by atoms with van der Waals surface area (Å²) in [5, 5.41) is 10.7. The van der Waals surface area contributed by atoms with Gasteiger partial charge in [-0.15, -0.1) is 0 Å². The smallest absolute Gasteiger partial charge is 0.233 e. The van der Waals surface area contributed by atoms with Gasteiger partial charge in [0.1, 0.15) is 5.75 Å². The second-order valence-corrected chi connectivity index (χ2v) is 8.15. The third kappa shape index (κ3) is 4.46. The molecule has 2 fully saturated rings. The van der Waals surface area contributed by atoms with Crippen molar-refractivity contribution in [2.24, 2.45) is 5.41 Å². The third-order valence-electron chi connectivity index (χ3n) is 6.28. The van der Waals surface area contributed by atoms with E-state index < -0.39 is 5.60 Å². The molecule has 1 saturated heterocycles. The average molecular weight is 376 g/mol. The highest BCUT2D eigenvalue weighted by Crippen LogP contribution is 2.49. The van der Waals surface area contributed by atoms with Crippen molar-refractivity contribution >= 4 is 11.6 Å². The van der Waals surface area contributed by atoms with Gasteiger partial charge in [-0.3, -0.25) is 4.79 Å². The number of nitrogens with zero attached hydrogens (tertiary/aromatic N) is 1. The zero-order valence-corrected chi connectivity index (χ0v) is 16.7. The second-order valence-electron chi connectivity index (χ2n) is 8.15. The van der Waals surface area contributed by atoms with Crippen molar-refractivity contribution in [3.63, 3.8) is 0 Å². The zero-order chi connectivity index (χ0) is 19.3. The highest BCUT2D eigenvalue weighted by molar-refractivity contribution is 6.00. The molecular formula is C22H33NO4. The maximum atomic E-state index is 13.2. The van der Waals surface area contributed by atoms with Crippen LogP contribution in [-0.2, 0) is 9.53 Å². The lowest BCUT2D eigenvalue weighted by atomic mass is 9.67. The van der Waals surface area contributed by atoms with E-state index in [1.54, 1.807) is 7.11 Å². The number of anilines is 1. The van der Waals surface area contributed by atoms with Gasteiger partial charge < -0.3 is 19.5 Å². The summed E-state index contributed by atoms with van der Waals surface area (Å²) in [6, 6.07) is 7.81. The van der Waals surface area contributed by atoms with E-state index in [-0.39, 0.29) is 11.3 Å². The standard InChI is InChI=1S/C22H33NO4/c1-3-9-22(25)12-10-21(11-13-22)14-15-23(20(21)24)18-5-7-19(8-6-18)27-17-4-16-26-2/h5-8,25H,3-4,9-17H2,1-2H3. The van der Waals surface area contributed by atoms with Crippen molar-refractivity contribution in [1.29, 1.82) is 0 Å². The van der Waals surface area contributed by atoms with E-state index >= 15 is 0 Å². The average Bonchev–Trinajstić information content (AvgIpc) is 2.99. The van der Waals surface area contributed by atoms with Crippen molar-refractivity contribution in [3.8, 4) is 5.75 Å². The molecule has 0 aromatic heterocycles. The largest absolute Gasteiger partial charge is 0.494 e. The number of carbonyl (C=O) groups excluding carboxylic acids is 1. The first-order valence-electron chi connectivity index (χ1n) is 10.3. The summed E-state index contributed by atoms with van der Waals surface area (Å²) < 4.78 is 10.7. The quantitative estimate of drug-likeness (QED) is 0.700. The molecule has 0 atom stereocenters. The topological polar surface area (TPSA) is 59.0 Å². The van der Waals surface area contributed by atoms with E-state index in [4.69, 9.17) is 9.47 Å². The van der Waals surface area contributed by atoms with Crippen molar-refractivity contribution in [3.05, 3.63) is 24.3 Å². The minimum atomic E-state index is -0.560. The van der Waals surface area contributed by atoms with Crippen LogP contribution in [0.3, 0.4) is 0 Å². The van der Waals surface area contributed by atoms with Gasteiger partial charge in [0.15, 0.2) is 0 Å². The van der Waals surface area contributed by atoms with Gasteiger partial charge >= 0.3 is 0 Å². The summed E-state index contributed by atoms with van der Waals surface area (Å²) in [5.74, 6) is 1.05. The SMILES string of the molecule is CCCC1(O)CCC2(CCN(c3ccc(OCCCOC)cc3)C2=O)CC1. The van der Waals surface area contributed by atoms with Gasteiger partial charge in [0.2, 0.25) is 5.91 Å². The summed E-state index contributed by atoms with van der Waals surface area (Å²) in [5.41, 5.74) is 0.112.